The molecule has 26 heavy (non-hydrogen) atoms. The van der Waals surface area contributed by atoms with Gasteiger partial charge in [0, 0.05) is 18.7 Å². The van der Waals surface area contributed by atoms with Gasteiger partial charge in [0.1, 0.15) is 0 Å². The van der Waals surface area contributed by atoms with Crippen molar-refractivity contribution in [1.82, 2.24) is 4.98 Å². The first kappa shape index (κ1) is 16.7. The van der Waals surface area contributed by atoms with E-state index in [2.05, 4.69) is 10.3 Å². The van der Waals surface area contributed by atoms with Gasteiger partial charge in [-0.25, -0.2) is 4.98 Å². The average Bonchev–Trinajstić information content (AvgIpc) is 3.20. The Hall–Kier alpha value is -2.73. The summed E-state index contributed by atoms with van der Waals surface area (Å²) in [7, 11) is 0. The van der Waals surface area contributed by atoms with Crippen LogP contribution in [0.25, 0.3) is 10.2 Å². The maximum absolute atomic E-state index is 12.6. The number of rotatable bonds is 3. The summed E-state index contributed by atoms with van der Waals surface area (Å²) in [5.74, 6) is -0.532. The van der Waals surface area contributed by atoms with Crippen molar-refractivity contribution in [3.63, 3.8) is 0 Å². The van der Waals surface area contributed by atoms with Crippen LogP contribution in [-0.4, -0.2) is 23.3 Å². The minimum atomic E-state index is -0.364. The lowest BCUT2D eigenvalue weighted by Crippen LogP contribution is -2.28. The Morgan fingerprint density at radius 1 is 1.19 bits per heavy atom. The van der Waals surface area contributed by atoms with Gasteiger partial charge in [0.05, 0.1) is 16.1 Å². The molecule has 1 aromatic heterocycles. The van der Waals surface area contributed by atoms with Gasteiger partial charge in [-0.05, 0) is 37.6 Å². The topological polar surface area (TPSA) is 62.3 Å². The van der Waals surface area contributed by atoms with E-state index in [0.717, 1.165) is 27.0 Å². The summed E-state index contributed by atoms with van der Waals surface area (Å²) in [4.78, 5) is 31.2. The zero-order valence-electron chi connectivity index (χ0n) is 14.7. The third-order valence-corrected chi connectivity index (χ3v) is 5.63. The highest BCUT2D eigenvalue weighted by Crippen LogP contribution is 2.30. The molecule has 0 spiro atoms. The quantitative estimate of drug-likeness (QED) is 0.765. The highest BCUT2D eigenvalue weighted by molar-refractivity contribution is 7.22. The van der Waals surface area contributed by atoms with Crippen molar-refractivity contribution in [2.24, 2.45) is 5.92 Å². The van der Waals surface area contributed by atoms with E-state index in [-0.39, 0.29) is 24.2 Å². The number of aromatic nitrogens is 1. The van der Waals surface area contributed by atoms with E-state index in [0.29, 0.717) is 11.7 Å². The maximum atomic E-state index is 12.6. The van der Waals surface area contributed by atoms with Crippen molar-refractivity contribution in [3.8, 4) is 0 Å². The van der Waals surface area contributed by atoms with Crippen molar-refractivity contribution in [3.05, 3.63) is 53.6 Å². The number of nitrogens with one attached hydrogen (secondary N) is 1. The predicted molar refractivity (Wildman–Crippen MR) is 105 cm³/mol. The molecule has 6 heteroatoms. The second-order valence-corrected chi connectivity index (χ2v) is 7.70. The average molecular weight is 365 g/mol. The highest BCUT2D eigenvalue weighted by atomic mass is 32.1. The Morgan fingerprint density at radius 2 is 1.96 bits per heavy atom. The Morgan fingerprint density at radius 3 is 2.69 bits per heavy atom. The number of thiazole rings is 1. The number of carbonyl (C=O) groups excluding carboxylic acids is 2. The minimum Gasteiger partial charge on any atom is -0.312 e. The van der Waals surface area contributed by atoms with Gasteiger partial charge in [-0.15, -0.1) is 0 Å². The monoisotopic (exact) mass is 365 g/mol. The Labute approximate surface area is 155 Å². The molecule has 1 atom stereocenters. The number of fused-ring (bicyclic) bond motifs is 1. The lowest BCUT2D eigenvalue weighted by molar-refractivity contribution is -0.122. The molecule has 0 bridgehead atoms. The van der Waals surface area contributed by atoms with Crippen molar-refractivity contribution >= 4 is 44.2 Å². The molecule has 132 valence electrons. The molecule has 5 nitrogen and oxygen atoms in total. The molecule has 0 radical (unpaired) electrons. The van der Waals surface area contributed by atoms with E-state index in [1.165, 1.54) is 11.3 Å². The van der Waals surface area contributed by atoms with Crippen LogP contribution in [0.4, 0.5) is 10.8 Å². The van der Waals surface area contributed by atoms with E-state index >= 15 is 0 Å². The summed E-state index contributed by atoms with van der Waals surface area (Å²) < 4.78 is 1.05. The summed E-state index contributed by atoms with van der Waals surface area (Å²) >= 11 is 1.46. The third-order valence-electron chi connectivity index (χ3n) is 4.69. The molecule has 1 N–H and O–H groups in total. The van der Waals surface area contributed by atoms with Gasteiger partial charge in [-0.3, -0.25) is 9.59 Å². The maximum Gasteiger partial charge on any atom is 0.231 e. The van der Waals surface area contributed by atoms with E-state index in [1.807, 2.05) is 56.3 Å². The van der Waals surface area contributed by atoms with Gasteiger partial charge in [0.25, 0.3) is 0 Å². The summed E-state index contributed by atoms with van der Waals surface area (Å²) in [6, 6.07) is 13.8. The number of amides is 2. The van der Waals surface area contributed by atoms with Crippen LogP contribution in [0.3, 0.4) is 0 Å². The van der Waals surface area contributed by atoms with Crippen molar-refractivity contribution in [2.45, 2.75) is 20.3 Å². The van der Waals surface area contributed by atoms with Gasteiger partial charge in [-0.2, -0.15) is 0 Å². The predicted octanol–water partition coefficient (Wildman–Crippen LogP) is 3.90. The highest BCUT2D eigenvalue weighted by Gasteiger charge is 2.35. The SMILES string of the molecule is Cc1ccc(N2CC(C(=O)Nc3nc4c(C)cccc4s3)CC2=O)cc1. The van der Waals surface area contributed by atoms with Gasteiger partial charge in [0.15, 0.2) is 5.13 Å². The van der Waals surface area contributed by atoms with Gasteiger partial charge in [-0.1, -0.05) is 41.2 Å². The lowest BCUT2D eigenvalue weighted by Gasteiger charge is -2.16. The number of hydrogen-bond acceptors (Lipinski definition) is 4. The number of aryl methyl sites for hydroxylation is 2. The van der Waals surface area contributed by atoms with Crippen LogP contribution in [0.15, 0.2) is 42.5 Å². The zero-order valence-corrected chi connectivity index (χ0v) is 15.5. The molecule has 2 aromatic carbocycles. The van der Waals surface area contributed by atoms with E-state index in [9.17, 15) is 9.59 Å². The number of benzene rings is 2. The molecular formula is C20H19N3O2S. The van der Waals surface area contributed by atoms with Crippen LogP contribution in [0.1, 0.15) is 17.5 Å². The molecule has 2 heterocycles. The summed E-state index contributed by atoms with van der Waals surface area (Å²) in [5.41, 5.74) is 3.98. The first-order chi connectivity index (χ1) is 12.5. The van der Waals surface area contributed by atoms with E-state index in [4.69, 9.17) is 0 Å². The van der Waals surface area contributed by atoms with Gasteiger partial charge >= 0.3 is 0 Å². The summed E-state index contributed by atoms with van der Waals surface area (Å²) in [6.45, 7) is 4.41. The fraction of sp³-hybridized carbons (Fsp3) is 0.250. The van der Waals surface area contributed by atoms with Crippen molar-refractivity contribution in [1.29, 1.82) is 0 Å². The van der Waals surface area contributed by atoms with Crippen LogP contribution in [0, 0.1) is 19.8 Å². The standard InChI is InChI=1S/C20H19N3O2S/c1-12-6-8-15(9-7-12)23-11-14(10-17(23)24)19(25)22-20-21-18-13(2)4-3-5-16(18)26-20/h3-9,14H,10-11H2,1-2H3,(H,21,22,25). The number of nitrogens with zero attached hydrogens (tertiary/aromatic N) is 2. The largest absolute Gasteiger partial charge is 0.312 e. The number of hydrogen-bond donors (Lipinski definition) is 1. The minimum absolute atomic E-state index is 0.0193. The normalized spacial score (nSPS) is 17.1. The fourth-order valence-electron chi connectivity index (χ4n) is 3.20. The van der Waals surface area contributed by atoms with Gasteiger partial charge in [0.2, 0.25) is 11.8 Å². The first-order valence-electron chi connectivity index (χ1n) is 8.55. The lowest BCUT2D eigenvalue weighted by atomic mass is 10.1. The van der Waals surface area contributed by atoms with Crippen LogP contribution >= 0.6 is 11.3 Å². The Kier molecular flexibility index (Phi) is 4.20. The van der Waals surface area contributed by atoms with Crippen LogP contribution < -0.4 is 10.2 Å². The van der Waals surface area contributed by atoms with E-state index < -0.39 is 0 Å². The molecule has 1 saturated heterocycles. The molecular weight excluding hydrogens is 346 g/mol. The summed E-state index contributed by atoms with van der Waals surface area (Å²) in [6.07, 6.45) is 0.226. The van der Waals surface area contributed by atoms with Gasteiger partial charge < -0.3 is 10.2 Å². The van der Waals surface area contributed by atoms with Crippen LogP contribution in [0.5, 0.6) is 0 Å². The molecule has 0 aliphatic carbocycles. The smallest absolute Gasteiger partial charge is 0.231 e. The molecule has 1 fully saturated rings. The molecule has 3 aromatic rings. The van der Waals surface area contributed by atoms with Crippen molar-refractivity contribution < 1.29 is 9.59 Å². The van der Waals surface area contributed by atoms with Crippen LogP contribution in [-0.2, 0) is 9.59 Å². The number of anilines is 2. The Bertz CT molecular complexity index is 994. The molecule has 1 aliphatic heterocycles. The fourth-order valence-corrected chi connectivity index (χ4v) is 4.15. The zero-order chi connectivity index (χ0) is 18.3. The Balaban J connectivity index is 1.49. The second-order valence-electron chi connectivity index (χ2n) is 6.67. The summed E-state index contributed by atoms with van der Waals surface area (Å²) in [5, 5.41) is 3.48. The molecule has 2 amide bonds. The van der Waals surface area contributed by atoms with E-state index in [1.54, 1.807) is 4.90 Å². The number of para-hydroxylation sites is 1. The number of carbonyl (C=O) groups is 2. The molecule has 1 unspecified atom stereocenters. The molecule has 1 aliphatic rings. The van der Waals surface area contributed by atoms with Crippen molar-refractivity contribution in [2.75, 3.05) is 16.8 Å². The molecule has 4 rings (SSSR count). The third kappa shape index (κ3) is 3.08. The molecule has 0 saturated carbocycles. The van der Waals surface area contributed by atoms with Crippen LogP contribution in [0.2, 0.25) is 0 Å². The second kappa shape index (κ2) is 6.53. The first-order valence-corrected chi connectivity index (χ1v) is 9.37.